The fourth-order valence-electron chi connectivity index (χ4n) is 3.74. The molecular weight excluding hydrogens is 507 g/mol. The van der Waals surface area contributed by atoms with Crippen LogP contribution in [0.15, 0.2) is 59.9 Å². The van der Waals surface area contributed by atoms with Crippen molar-refractivity contribution in [3.8, 4) is 0 Å². The van der Waals surface area contributed by atoms with E-state index in [0.717, 1.165) is 5.69 Å². The highest BCUT2D eigenvalue weighted by molar-refractivity contribution is 7.99. The number of halogens is 2. The molecule has 2 amide bonds. The van der Waals surface area contributed by atoms with Crippen LogP contribution < -0.4 is 10.2 Å². The van der Waals surface area contributed by atoms with Crippen molar-refractivity contribution in [2.24, 2.45) is 0 Å². The maximum Gasteiger partial charge on any atom is 0.255 e. The van der Waals surface area contributed by atoms with Crippen LogP contribution in [0.1, 0.15) is 23.0 Å². The first-order valence-corrected chi connectivity index (χ1v) is 12.8. The van der Waals surface area contributed by atoms with Gasteiger partial charge in [0.1, 0.15) is 11.0 Å². The normalized spacial score (nSPS) is 15.7. The molecule has 1 saturated heterocycles. The first-order chi connectivity index (χ1) is 16.9. The predicted molar refractivity (Wildman–Crippen MR) is 138 cm³/mol. The van der Waals surface area contributed by atoms with Crippen LogP contribution in [0.2, 0.25) is 10.2 Å². The number of carbonyl (C=O) groups is 2. The Hall–Kier alpha value is -2.88. The summed E-state index contributed by atoms with van der Waals surface area (Å²) < 4.78 is 0. The van der Waals surface area contributed by atoms with Gasteiger partial charge in [0.15, 0.2) is 5.16 Å². The minimum atomic E-state index is -0.147. The van der Waals surface area contributed by atoms with Gasteiger partial charge in [-0.2, -0.15) is 0 Å². The molecule has 1 aliphatic heterocycles. The number of hydrogen-bond acceptors (Lipinski definition) is 7. The third kappa shape index (κ3) is 6.62. The third-order valence-electron chi connectivity index (χ3n) is 5.50. The van der Waals surface area contributed by atoms with Crippen molar-refractivity contribution in [3.63, 3.8) is 0 Å². The average molecular weight is 531 g/mol. The van der Waals surface area contributed by atoms with E-state index >= 15 is 0 Å². The van der Waals surface area contributed by atoms with Crippen molar-refractivity contribution >= 4 is 52.6 Å². The number of nitrogens with one attached hydrogen (secondary N) is 1. The molecule has 1 unspecified atom stereocenters. The number of piperazine rings is 1. The largest absolute Gasteiger partial charge is 0.353 e. The highest BCUT2D eigenvalue weighted by Crippen LogP contribution is 2.25. The smallest absolute Gasteiger partial charge is 0.255 e. The Kier molecular flexibility index (Phi) is 8.43. The van der Waals surface area contributed by atoms with E-state index in [1.165, 1.54) is 11.8 Å². The summed E-state index contributed by atoms with van der Waals surface area (Å²) >= 11 is 13.7. The number of nitrogens with zero attached hydrogens (tertiary/aromatic N) is 5. The van der Waals surface area contributed by atoms with Crippen molar-refractivity contribution in [3.05, 3.63) is 76.2 Å². The van der Waals surface area contributed by atoms with E-state index in [2.05, 4.69) is 25.2 Å². The van der Waals surface area contributed by atoms with Crippen molar-refractivity contribution in [1.82, 2.24) is 25.2 Å². The Labute approximate surface area is 218 Å². The minimum Gasteiger partial charge on any atom is -0.353 e. The molecule has 0 spiro atoms. The van der Waals surface area contributed by atoms with E-state index in [0.29, 0.717) is 52.9 Å². The Morgan fingerprint density at radius 3 is 2.66 bits per heavy atom. The number of thioether (sulfide) groups is 1. The lowest BCUT2D eigenvalue weighted by atomic mass is 10.1. The molecule has 1 N–H and O–H groups in total. The summed E-state index contributed by atoms with van der Waals surface area (Å²) in [5.41, 5.74) is 1.29. The lowest BCUT2D eigenvalue weighted by molar-refractivity contribution is -0.118. The van der Waals surface area contributed by atoms with E-state index in [4.69, 9.17) is 23.2 Å². The van der Waals surface area contributed by atoms with Crippen LogP contribution in [0.25, 0.3) is 0 Å². The summed E-state index contributed by atoms with van der Waals surface area (Å²) in [5.74, 6) is 0.587. The molecule has 3 heterocycles. The number of carbonyl (C=O) groups excluding carboxylic acids is 2. The second-order valence-corrected chi connectivity index (χ2v) is 9.73. The fraction of sp³-hybridized carbons (Fsp3) is 0.292. The molecule has 11 heteroatoms. The molecule has 0 saturated carbocycles. The number of aromatic nitrogens is 3. The molecule has 35 heavy (non-hydrogen) atoms. The van der Waals surface area contributed by atoms with Gasteiger partial charge in [-0.05, 0) is 31.2 Å². The van der Waals surface area contributed by atoms with Gasteiger partial charge in [-0.1, -0.05) is 53.2 Å². The molecule has 3 aromatic rings. The summed E-state index contributed by atoms with van der Waals surface area (Å²) in [4.78, 5) is 42.2. The van der Waals surface area contributed by atoms with E-state index < -0.39 is 0 Å². The van der Waals surface area contributed by atoms with Gasteiger partial charge in [-0.15, -0.1) is 0 Å². The Morgan fingerprint density at radius 1 is 1.11 bits per heavy atom. The molecule has 2 aromatic heterocycles. The molecule has 1 aliphatic rings. The number of anilines is 1. The Balaban J connectivity index is 1.35. The second-order valence-electron chi connectivity index (χ2n) is 7.99. The molecule has 0 bridgehead atoms. The molecule has 8 nitrogen and oxygen atoms in total. The monoisotopic (exact) mass is 530 g/mol. The van der Waals surface area contributed by atoms with Gasteiger partial charge in [-0.25, -0.2) is 9.97 Å². The molecule has 0 radical (unpaired) electrons. The summed E-state index contributed by atoms with van der Waals surface area (Å²) in [6, 6.07) is 14.3. The molecule has 4 rings (SSSR count). The molecule has 182 valence electrons. The topological polar surface area (TPSA) is 91.3 Å². The maximum atomic E-state index is 13.0. The minimum absolute atomic E-state index is 0.0604. The summed E-state index contributed by atoms with van der Waals surface area (Å²) in [6.07, 6.45) is 1.69. The van der Waals surface area contributed by atoms with Crippen LogP contribution in [0.3, 0.4) is 0 Å². The second kappa shape index (κ2) is 11.7. The summed E-state index contributed by atoms with van der Waals surface area (Å²) in [7, 11) is 0. The predicted octanol–water partition coefficient (Wildman–Crippen LogP) is 3.94. The van der Waals surface area contributed by atoms with E-state index in [9.17, 15) is 9.59 Å². The van der Waals surface area contributed by atoms with Crippen molar-refractivity contribution in [2.75, 3.05) is 30.3 Å². The van der Waals surface area contributed by atoms with Crippen LogP contribution in [-0.2, 0) is 11.3 Å². The summed E-state index contributed by atoms with van der Waals surface area (Å²) in [6.45, 7) is 4.04. The van der Waals surface area contributed by atoms with Crippen molar-refractivity contribution < 1.29 is 9.59 Å². The van der Waals surface area contributed by atoms with Gasteiger partial charge in [0, 0.05) is 37.9 Å². The standard InChI is InChI=1S/C24H24Cl2N6O2S/c1-16-14-31(10-11-32(16)23(34)18-7-2-3-8-19(18)25)21-12-20(26)29-24(30-21)35-15-22(33)28-13-17-6-4-5-9-27-17/h2-9,12,16H,10-11,13-15H2,1H3,(H,28,33). The Morgan fingerprint density at radius 2 is 1.91 bits per heavy atom. The molecule has 1 fully saturated rings. The van der Waals surface area contributed by atoms with Gasteiger partial charge < -0.3 is 15.1 Å². The van der Waals surface area contributed by atoms with Gasteiger partial charge >= 0.3 is 0 Å². The zero-order valence-corrected chi connectivity index (χ0v) is 21.4. The molecular formula is C24H24Cl2N6O2S. The van der Waals surface area contributed by atoms with Crippen LogP contribution in [0.4, 0.5) is 5.82 Å². The van der Waals surface area contributed by atoms with E-state index in [1.54, 1.807) is 36.5 Å². The number of amides is 2. The number of hydrogen-bond donors (Lipinski definition) is 1. The lowest BCUT2D eigenvalue weighted by Gasteiger charge is -2.40. The van der Waals surface area contributed by atoms with Crippen LogP contribution in [0, 0.1) is 0 Å². The van der Waals surface area contributed by atoms with E-state index in [-0.39, 0.29) is 23.6 Å². The van der Waals surface area contributed by atoms with E-state index in [1.807, 2.05) is 30.0 Å². The van der Waals surface area contributed by atoms with Crippen molar-refractivity contribution in [2.45, 2.75) is 24.7 Å². The number of pyridine rings is 1. The first-order valence-electron chi connectivity index (χ1n) is 11.0. The van der Waals surface area contributed by atoms with Crippen LogP contribution >= 0.6 is 35.0 Å². The average Bonchev–Trinajstić information content (AvgIpc) is 2.86. The number of benzene rings is 1. The van der Waals surface area contributed by atoms with Crippen molar-refractivity contribution in [1.29, 1.82) is 0 Å². The maximum absolute atomic E-state index is 13.0. The Bertz CT molecular complexity index is 1200. The SMILES string of the molecule is CC1CN(c2cc(Cl)nc(SCC(=O)NCc3ccccn3)n2)CCN1C(=O)c1ccccc1Cl. The summed E-state index contributed by atoms with van der Waals surface area (Å²) in [5, 5.41) is 4.00. The zero-order valence-electron chi connectivity index (χ0n) is 19.0. The molecule has 1 aromatic carbocycles. The zero-order chi connectivity index (χ0) is 24.8. The van der Waals surface area contributed by atoms with Crippen LogP contribution in [-0.4, -0.2) is 63.1 Å². The van der Waals surface area contributed by atoms with Gasteiger partial charge in [0.05, 0.1) is 28.6 Å². The lowest BCUT2D eigenvalue weighted by Crippen LogP contribution is -2.54. The fourth-order valence-corrected chi connectivity index (χ4v) is 4.87. The molecule has 1 atom stereocenters. The highest BCUT2D eigenvalue weighted by atomic mass is 35.5. The first kappa shape index (κ1) is 25.2. The number of rotatable bonds is 7. The quantitative estimate of drug-likeness (QED) is 0.281. The third-order valence-corrected chi connectivity index (χ3v) is 6.87. The van der Waals surface area contributed by atoms with Gasteiger partial charge in [0.25, 0.3) is 5.91 Å². The van der Waals surface area contributed by atoms with Crippen LogP contribution in [0.5, 0.6) is 0 Å². The van der Waals surface area contributed by atoms with Gasteiger partial charge in [-0.3, -0.25) is 14.6 Å². The van der Waals surface area contributed by atoms with Gasteiger partial charge in [0.2, 0.25) is 5.91 Å². The highest BCUT2D eigenvalue weighted by Gasteiger charge is 2.30. The molecule has 0 aliphatic carbocycles.